The second-order valence-electron chi connectivity index (χ2n) is 6.17. The third-order valence-corrected chi connectivity index (χ3v) is 8.04. The minimum Gasteiger partial charge on any atom is -0.325 e. The highest BCUT2D eigenvalue weighted by Crippen LogP contribution is 2.23. The van der Waals surface area contributed by atoms with Crippen molar-refractivity contribution in [1.29, 1.82) is 0 Å². The monoisotopic (exact) mass is 431 g/mol. The van der Waals surface area contributed by atoms with E-state index in [0.29, 0.717) is 36.1 Å². The Morgan fingerprint density at radius 3 is 2.56 bits per heavy atom. The van der Waals surface area contributed by atoms with Crippen LogP contribution in [0.2, 0.25) is 5.02 Å². The lowest BCUT2D eigenvalue weighted by Crippen LogP contribution is -2.53. The van der Waals surface area contributed by atoms with Crippen molar-refractivity contribution >= 4 is 44.6 Å². The molecule has 0 radical (unpaired) electrons. The number of thiophene rings is 1. The van der Waals surface area contributed by atoms with Crippen LogP contribution in [0.1, 0.15) is 6.92 Å². The fourth-order valence-electron chi connectivity index (χ4n) is 2.86. The molecule has 27 heavy (non-hydrogen) atoms. The number of benzene rings is 1. The molecule has 146 valence electrons. The molecule has 6 nitrogen and oxygen atoms in total. The second-order valence-corrected chi connectivity index (χ2v) is 9.69. The standard InChI is InChI=1S/C17H19ClFN3O3S2/c1-12(17(23)20-13-4-5-15(19)14(18)11-13)21-6-8-22(9-7-21)27(24,25)16-3-2-10-26-16/h2-5,10-12H,6-9H2,1H3,(H,20,23). The molecule has 0 bridgehead atoms. The number of carbonyl (C=O) groups is 1. The highest BCUT2D eigenvalue weighted by atomic mass is 35.5. The van der Waals surface area contributed by atoms with Gasteiger partial charge < -0.3 is 5.32 Å². The van der Waals surface area contributed by atoms with Gasteiger partial charge in [0.15, 0.2) is 0 Å². The normalized spacial score (nSPS) is 17.6. The third kappa shape index (κ3) is 4.49. The summed E-state index contributed by atoms with van der Waals surface area (Å²) in [5.74, 6) is -0.807. The quantitative estimate of drug-likeness (QED) is 0.790. The number of halogens is 2. The first kappa shape index (κ1) is 20.2. The van der Waals surface area contributed by atoms with Gasteiger partial charge in [-0.1, -0.05) is 17.7 Å². The van der Waals surface area contributed by atoms with Gasteiger partial charge in [-0.25, -0.2) is 12.8 Å². The molecule has 0 saturated carbocycles. The van der Waals surface area contributed by atoms with Gasteiger partial charge in [0, 0.05) is 31.9 Å². The maximum atomic E-state index is 13.2. The minimum absolute atomic E-state index is 0.0622. The highest BCUT2D eigenvalue weighted by molar-refractivity contribution is 7.91. The van der Waals surface area contributed by atoms with Gasteiger partial charge in [0.2, 0.25) is 5.91 Å². The Morgan fingerprint density at radius 1 is 1.26 bits per heavy atom. The van der Waals surface area contributed by atoms with E-state index in [1.54, 1.807) is 24.4 Å². The lowest BCUT2D eigenvalue weighted by molar-refractivity contribution is -0.121. The summed E-state index contributed by atoms with van der Waals surface area (Å²) in [6.07, 6.45) is 0. The zero-order chi connectivity index (χ0) is 19.6. The van der Waals surface area contributed by atoms with Crippen LogP contribution in [0.25, 0.3) is 0 Å². The van der Waals surface area contributed by atoms with Crippen LogP contribution in [0.15, 0.2) is 39.9 Å². The van der Waals surface area contributed by atoms with Gasteiger partial charge in [-0.15, -0.1) is 11.3 Å². The first-order valence-electron chi connectivity index (χ1n) is 8.32. The Labute approximate surface area is 166 Å². The third-order valence-electron chi connectivity index (χ3n) is 4.48. The number of nitrogens with one attached hydrogen (secondary N) is 1. The summed E-state index contributed by atoms with van der Waals surface area (Å²) in [6.45, 7) is 3.29. The Balaban J connectivity index is 1.58. The van der Waals surface area contributed by atoms with E-state index in [1.807, 2.05) is 4.90 Å². The van der Waals surface area contributed by atoms with Crippen molar-refractivity contribution < 1.29 is 17.6 Å². The zero-order valence-electron chi connectivity index (χ0n) is 14.6. The van der Waals surface area contributed by atoms with Crippen LogP contribution in [0.4, 0.5) is 10.1 Å². The van der Waals surface area contributed by atoms with Crippen molar-refractivity contribution in [3.05, 3.63) is 46.6 Å². The Bertz CT molecular complexity index is 914. The van der Waals surface area contributed by atoms with Crippen molar-refractivity contribution in [2.45, 2.75) is 17.2 Å². The van der Waals surface area contributed by atoms with Crippen LogP contribution in [0.3, 0.4) is 0 Å². The average molecular weight is 432 g/mol. The average Bonchev–Trinajstić information content (AvgIpc) is 3.20. The molecule has 1 saturated heterocycles. The molecule has 1 aromatic carbocycles. The Hall–Kier alpha value is -1.52. The summed E-state index contributed by atoms with van der Waals surface area (Å²) in [7, 11) is -3.47. The van der Waals surface area contributed by atoms with E-state index in [1.165, 1.54) is 33.8 Å². The van der Waals surface area contributed by atoms with Crippen molar-refractivity contribution in [2.24, 2.45) is 0 Å². The van der Waals surface area contributed by atoms with Gasteiger partial charge in [-0.2, -0.15) is 4.31 Å². The lowest BCUT2D eigenvalue weighted by atomic mass is 10.2. The van der Waals surface area contributed by atoms with Crippen molar-refractivity contribution in [3.8, 4) is 0 Å². The summed E-state index contributed by atoms with van der Waals surface area (Å²) in [5.41, 5.74) is 0.414. The molecule has 2 heterocycles. The number of nitrogens with zero attached hydrogens (tertiary/aromatic N) is 2. The summed E-state index contributed by atoms with van der Waals surface area (Å²) < 4.78 is 40.1. The van der Waals surface area contributed by atoms with Crippen molar-refractivity contribution in [1.82, 2.24) is 9.21 Å². The largest absolute Gasteiger partial charge is 0.325 e. The van der Waals surface area contributed by atoms with E-state index in [9.17, 15) is 17.6 Å². The molecule has 2 aromatic rings. The first-order valence-corrected chi connectivity index (χ1v) is 11.0. The molecule has 1 aromatic heterocycles. The smallest absolute Gasteiger partial charge is 0.252 e. The van der Waals surface area contributed by atoms with Crippen LogP contribution in [-0.2, 0) is 14.8 Å². The van der Waals surface area contributed by atoms with E-state index in [0.717, 1.165) is 0 Å². The maximum Gasteiger partial charge on any atom is 0.252 e. The van der Waals surface area contributed by atoms with Crippen molar-refractivity contribution in [3.63, 3.8) is 0 Å². The predicted octanol–water partition coefficient (Wildman–Crippen LogP) is 2.87. The number of amides is 1. The zero-order valence-corrected chi connectivity index (χ0v) is 17.0. The molecular weight excluding hydrogens is 413 g/mol. The summed E-state index contributed by atoms with van der Waals surface area (Å²) >= 11 is 6.92. The fraction of sp³-hybridized carbons (Fsp3) is 0.353. The van der Waals surface area contributed by atoms with Crippen LogP contribution in [-0.4, -0.2) is 55.8 Å². The van der Waals surface area contributed by atoms with Gasteiger partial charge in [0.1, 0.15) is 10.0 Å². The van der Waals surface area contributed by atoms with Gasteiger partial charge in [-0.05, 0) is 36.6 Å². The van der Waals surface area contributed by atoms with Gasteiger partial charge in [-0.3, -0.25) is 9.69 Å². The number of rotatable bonds is 5. The van der Waals surface area contributed by atoms with E-state index < -0.39 is 21.9 Å². The molecule has 0 aliphatic carbocycles. The van der Waals surface area contributed by atoms with Crippen LogP contribution in [0, 0.1) is 5.82 Å². The topological polar surface area (TPSA) is 69.7 Å². The number of sulfonamides is 1. The van der Waals surface area contributed by atoms with E-state index in [4.69, 9.17) is 11.6 Å². The van der Waals surface area contributed by atoms with Gasteiger partial charge in [0.25, 0.3) is 10.0 Å². The molecule has 10 heteroatoms. The Morgan fingerprint density at radius 2 is 1.96 bits per heavy atom. The maximum absolute atomic E-state index is 13.2. The summed E-state index contributed by atoms with van der Waals surface area (Å²) in [4.78, 5) is 14.4. The molecule has 1 aliphatic heterocycles. The molecule has 1 amide bonds. The SMILES string of the molecule is CC(C(=O)Nc1ccc(F)c(Cl)c1)N1CCN(S(=O)(=O)c2cccs2)CC1. The summed E-state index contributed by atoms with van der Waals surface area (Å²) in [5, 5.41) is 4.38. The molecule has 1 atom stereocenters. The fourth-order valence-corrected chi connectivity index (χ4v) is 5.60. The number of carbonyl (C=O) groups excluding carboxylic acids is 1. The van der Waals surface area contributed by atoms with E-state index >= 15 is 0 Å². The summed E-state index contributed by atoms with van der Waals surface area (Å²) in [6, 6.07) is 6.83. The molecule has 1 aliphatic rings. The van der Waals surface area contributed by atoms with E-state index in [-0.39, 0.29) is 10.9 Å². The number of hydrogen-bond acceptors (Lipinski definition) is 5. The molecule has 1 N–H and O–H groups in total. The van der Waals surface area contributed by atoms with Crippen LogP contribution < -0.4 is 5.32 Å². The second kappa shape index (κ2) is 8.24. The first-order chi connectivity index (χ1) is 12.8. The van der Waals surface area contributed by atoms with Crippen LogP contribution in [0.5, 0.6) is 0 Å². The van der Waals surface area contributed by atoms with E-state index in [2.05, 4.69) is 5.32 Å². The number of piperazine rings is 1. The molecular formula is C17H19ClFN3O3S2. The van der Waals surface area contributed by atoms with Gasteiger partial charge >= 0.3 is 0 Å². The molecule has 0 spiro atoms. The molecule has 1 fully saturated rings. The number of anilines is 1. The minimum atomic E-state index is -3.47. The molecule has 1 unspecified atom stereocenters. The van der Waals surface area contributed by atoms with Crippen molar-refractivity contribution in [2.75, 3.05) is 31.5 Å². The van der Waals surface area contributed by atoms with Crippen LogP contribution >= 0.6 is 22.9 Å². The number of hydrogen-bond donors (Lipinski definition) is 1. The lowest BCUT2D eigenvalue weighted by Gasteiger charge is -2.36. The predicted molar refractivity (Wildman–Crippen MR) is 104 cm³/mol. The van der Waals surface area contributed by atoms with Gasteiger partial charge in [0.05, 0.1) is 11.1 Å². The highest BCUT2D eigenvalue weighted by Gasteiger charge is 2.32. The Kier molecular flexibility index (Phi) is 6.17. The molecule has 3 rings (SSSR count).